The van der Waals surface area contributed by atoms with Gasteiger partial charge in [-0.05, 0) is 54.2 Å². The molecule has 0 saturated carbocycles. The van der Waals surface area contributed by atoms with Gasteiger partial charge in [0.2, 0.25) is 0 Å². The number of aromatic nitrogens is 2. The minimum absolute atomic E-state index is 0.0998. The lowest BCUT2D eigenvalue weighted by atomic mass is 10.0. The topological polar surface area (TPSA) is 31.9 Å². The Morgan fingerprint density at radius 3 is 2.88 bits per heavy atom. The van der Waals surface area contributed by atoms with E-state index in [0.29, 0.717) is 6.04 Å². The maximum Gasteiger partial charge on any atom is 0.128 e. The number of hydrogen-bond donors (Lipinski definition) is 1. The van der Waals surface area contributed by atoms with Crippen molar-refractivity contribution < 1.29 is 4.39 Å². The van der Waals surface area contributed by atoms with Crippen molar-refractivity contribution in [3.63, 3.8) is 0 Å². The molecule has 0 aliphatic carbocycles. The monoisotopic (exact) mass is 323 g/mol. The average molecular weight is 323 g/mol. The molecule has 1 saturated heterocycles. The van der Waals surface area contributed by atoms with Crippen molar-refractivity contribution in [2.75, 3.05) is 11.4 Å². The molecule has 1 atom stereocenters. The summed E-state index contributed by atoms with van der Waals surface area (Å²) in [6.07, 6.45) is 3.94. The van der Waals surface area contributed by atoms with Crippen LogP contribution in [0, 0.1) is 5.82 Å². The number of aromatic amines is 1. The van der Waals surface area contributed by atoms with Gasteiger partial charge in [-0.1, -0.05) is 26.0 Å². The molecular weight excluding hydrogens is 301 g/mol. The summed E-state index contributed by atoms with van der Waals surface area (Å²) in [7, 11) is 0. The van der Waals surface area contributed by atoms with Crippen LogP contribution in [0.25, 0.3) is 11.0 Å². The molecule has 124 valence electrons. The molecule has 0 unspecified atom stereocenters. The summed E-state index contributed by atoms with van der Waals surface area (Å²) in [5, 5.41) is 0. The predicted octanol–water partition coefficient (Wildman–Crippen LogP) is 5.17. The van der Waals surface area contributed by atoms with E-state index in [2.05, 4.69) is 39.1 Å². The van der Waals surface area contributed by atoms with Crippen molar-refractivity contribution in [1.29, 1.82) is 0 Å². The molecule has 2 heterocycles. The van der Waals surface area contributed by atoms with Gasteiger partial charge >= 0.3 is 0 Å². The maximum absolute atomic E-state index is 14.4. The predicted molar refractivity (Wildman–Crippen MR) is 95.9 cm³/mol. The van der Waals surface area contributed by atoms with E-state index in [9.17, 15) is 4.39 Å². The zero-order chi connectivity index (χ0) is 16.7. The Bertz CT molecular complexity index is 868. The third kappa shape index (κ3) is 2.56. The first-order chi connectivity index (χ1) is 11.6. The molecule has 1 fully saturated rings. The van der Waals surface area contributed by atoms with Crippen molar-refractivity contribution in [2.45, 2.75) is 38.6 Å². The summed E-state index contributed by atoms with van der Waals surface area (Å²) in [6.45, 7) is 5.01. The Morgan fingerprint density at radius 1 is 1.21 bits per heavy atom. The van der Waals surface area contributed by atoms with Gasteiger partial charge in [0.1, 0.15) is 5.82 Å². The number of hydrogen-bond acceptors (Lipinski definition) is 2. The molecule has 1 N–H and O–H groups in total. The Hall–Kier alpha value is -2.36. The van der Waals surface area contributed by atoms with Gasteiger partial charge in [-0.2, -0.15) is 0 Å². The molecule has 3 nitrogen and oxygen atoms in total. The Balaban J connectivity index is 1.68. The molecule has 1 aromatic heterocycles. The van der Waals surface area contributed by atoms with E-state index < -0.39 is 0 Å². The van der Waals surface area contributed by atoms with Gasteiger partial charge in [0.15, 0.2) is 0 Å². The number of halogens is 1. The van der Waals surface area contributed by atoms with Crippen LogP contribution in [-0.2, 0) is 0 Å². The van der Waals surface area contributed by atoms with Gasteiger partial charge < -0.3 is 9.88 Å². The van der Waals surface area contributed by atoms with Crippen LogP contribution in [0.2, 0.25) is 0 Å². The van der Waals surface area contributed by atoms with Gasteiger partial charge in [-0.25, -0.2) is 9.37 Å². The van der Waals surface area contributed by atoms with Crippen LogP contribution in [0.15, 0.2) is 42.7 Å². The second-order valence-corrected chi connectivity index (χ2v) is 6.89. The fourth-order valence-electron chi connectivity index (χ4n) is 3.75. The van der Waals surface area contributed by atoms with Crippen LogP contribution in [-0.4, -0.2) is 16.5 Å². The molecule has 0 amide bonds. The second-order valence-electron chi connectivity index (χ2n) is 6.89. The minimum atomic E-state index is -0.0998. The lowest BCUT2D eigenvalue weighted by molar-refractivity contribution is 0.596. The van der Waals surface area contributed by atoms with E-state index in [-0.39, 0.29) is 11.7 Å². The van der Waals surface area contributed by atoms with Gasteiger partial charge in [-0.3, -0.25) is 0 Å². The van der Waals surface area contributed by atoms with Crippen LogP contribution in [0.5, 0.6) is 0 Å². The van der Waals surface area contributed by atoms with Crippen molar-refractivity contribution in [1.82, 2.24) is 9.97 Å². The SMILES string of the molecule is CC(C)c1ccc(N2CCC[C@@H]2c2ccc3nc[nH]c3c2)cc1F. The van der Waals surface area contributed by atoms with Crippen LogP contribution in [0.1, 0.15) is 49.8 Å². The second kappa shape index (κ2) is 5.93. The third-order valence-electron chi connectivity index (χ3n) is 5.02. The van der Waals surface area contributed by atoms with E-state index in [1.807, 2.05) is 19.9 Å². The highest BCUT2D eigenvalue weighted by atomic mass is 19.1. The van der Waals surface area contributed by atoms with Crippen molar-refractivity contribution in [3.8, 4) is 0 Å². The number of nitrogens with zero attached hydrogens (tertiary/aromatic N) is 2. The van der Waals surface area contributed by atoms with Crippen LogP contribution in [0.4, 0.5) is 10.1 Å². The Morgan fingerprint density at radius 2 is 2.08 bits per heavy atom. The molecule has 1 aliphatic rings. The fourth-order valence-corrected chi connectivity index (χ4v) is 3.75. The molecule has 0 spiro atoms. The summed E-state index contributed by atoms with van der Waals surface area (Å²) >= 11 is 0. The van der Waals surface area contributed by atoms with Gasteiger partial charge in [0, 0.05) is 12.2 Å². The number of fused-ring (bicyclic) bond motifs is 1. The van der Waals surface area contributed by atoms with Crippen LogP contribution in [0.3, 0.4) is 0 Å². The first-order valence-corrected chi connectivity index (χ1v) is 8.62. The molecule has 4 rings (SSSR count). The van der Waals surface area contributed by atoms with Crippen LogP contribution >= 0.6 is 0 Å². The summed E-state index contributed by atoms with van der Waals surface area (Å²) in [6, 6.07) is 12.4. The average Bonchev–Trinajstić information content (AvgIpc) is 3.22. The van der Waals surface area contributed by atoms with Gasteiger partial charge in [0.25, 0.3) is 0 Å². The highest BCUT2D eigenvalue weighted by Gasteiger charge is 2.27. The van der Waals surface area contributed by atoms with Gasteiger partial charge in [0.05, 0.1) is 23.4 Å². The molecule has 0 bridgehead atoms. The highest BCUT2D eigenvalue weighted by Crippen LogP contribution is 2.37. The van der Waals surface area contributed by atoms with Crippen molar-refractivity contribution in [3.05, 3.63) is 59.7 Å². The normalized spacial score (nSPS) is 18.0. The Labute approximate surface area is 141 Å². The molecule has 0 radical (unpaired) electrons. The number of benzene rings is 2. The molecular formula is C20H22FN3. The first kappa shape index (κ1) is 15.2. The van der Waals surface area contributed by atoms with E-state index in [1.165, 1.54) is 5.56 Å². The first-order valence-electron chi connectivity index (χ1n) is 8.62. The maximum atomic E-state index is 14.4. The van der Waals surface area contributed by atoms with Crippen molar-refractivity contribution in [2.24, 2.45) is 0 Å². The van der Waals surface area contributed by atoms with Crippen LogP contribution < -0.4 is 4.90 Å². The van der Waals surface area contributed by atoms with E-state index >= 15 is 0 Å². The van der Waals surface area contributed by atoms with Crippen molar-refractivity contribution >= 4 is 16.7 Å². The van der Waals surface area contributed by atoms with E-state index in [4.69, 9.17) is 0 Å². The summed E-state index contributed by atoms with van der Waals surface area (Å²) in [5.41, 5.74) is 5.06. The third-order valence-corrected chi connectivity index (χ3v) is 5.02. The molecule has 1 aliphatic heterocycles. The largest absolute Gasteiger partial charge is 0.364 e. The van der Waals surface area contributed by atoms with Gasteiger partial charge in [-0.15, -0.1) is 0 Å². The fraction of sp³-hybridized carbons (Fsp3) is 0.350. The number of H-pyrrole nitrogens is 1. The standard InChI is InChI=1S/C20H22FN3/c1-13(2)16-7-6-15(11-17(16)21)24-9-3-4-20(24)14-5-8-18-19(10-14)23-12-22-18/h5-8,10-13,20H,3-4,9H2,1-2H3,(H,22,23)/t20-/m1/s1. The lowest BCUT2D eigenvalue weighted by Gasteiger charge is -2.28. The zero-order valence-corrected chi connectivity index (χ0v) is 14.1. The quantitative estimate of drug-likeness (QED) is 0.721. The number of anilines is 1. The zero-order valence-electron chi connectivity index (χ0n) is 14.1. The molecule has 3 aromatic rings. The number of nitrogens with one attached hydrogen (secondary N) is 1. The summed E-state index contributed by atoms with van der Waals surface area (Å²) < 4.78 is 14.4. The summed E-state index contributed by atoms with van der Waals surface area (Å²) in [5.74, 6) is 0.105. The summed E-state index contributed by atoms with van der Waals surface area (Å²) in [4.78, 5) is 9.78. The molecule has 4 heteroatoms. The smallest absolute Gasteiger partial charge is 0.128 e. The highest BCUT2D eigenvalue weighted by molar-refractivity contribution is 5.75. The number of rotatable bonds is 3. The molecule has 2 aromatic carbocycles. The Kier molecular flexibility index (Phi) is 3.75. The van der Waals surface area contributed by atoms with E-state index in [0.717, 1.165) is 41.7 Å². The van der Waals surface area contributed by atoms with E-state index in [1.54, 1.807) is 12.4 Å². The molecule has 24 heavy (non-hydrogen) atoms. The number of imidazole rings is 1. The minimum Gasteiger partial charge on any atom is -0.364 e. The lowest BCUT2D eigenvalue weighted by Crippen LogP contribution is -2.22.